The van der Waals surface area contributed by atoms with Crippen molar-refractivity contribution in [3.8, 4) is 5.75 Å². The van der Waals surface area contributed by atoms with Crippen LogP contribution in [0.3, 0.4) is 0 Å². The molecule has 5 nitrogen and oxygen atoms in total. The maximum atomic E-state index is 12.9. The highest BCUT2D eigenvalue weighted by atomic mass is 79.9. The monoisotopic (exact) mass is 539 g/mol. The van der Waals surface area contributed by atoms with Gasteiger partial charge < -0.3 is 10.1 Å². The molecule has 2 N–H and O–H groups in total. The van der Waals surface area contributed by atoms with Crippen LogP contribution < -0.4 is 15.4 Å². The van der Waals surface area contributed by atoms with Crippen LogP contribution in [0.2, 0.25) is 10.0 Å². The average Bonchev–Trinajstić information content (AvgIpc) is 3.13. The Morgan fingerprint density at radius 1 is 1.23 bits per heavy atom. The van der Waals surface area contributed by atoms with Crippen molar-refractivity contribution in [2.45, 2.75) is 0 Å². The molecule has 152 valence electrons. The maximum Gasteiger partial charge on any atom is 0.261 e. The molecule has 0 saturated carbocycles. The summed E-state index contributed by atoms with van der Waals surface area (Å²) in [7, 11) is 1.51. The van der Waals surface area contributed by atoms with Crippen molar-refractivity contribution in [2.24, 2.45) is 0 Å². The highest BCUT2D eigenvalue weighted by molar-refractivity contribution is 9.10. The predicted octanol–water partition coefficient (Wildman–Crippen LogP) is 6.65. The quantitative estimate of drug-likeness (QED) is 0.285. The molecule has 0 atom stereocenters. The topological polar surface area (TPSA) is 63.2 Å². The first kappa shape index (κ1) is 21.3. The van der Waals surface area contributed by atoms with Gasteiger partial charge in [0.2, 0.25) is 0 Å². The minimum absolute atomic E-state index is 0.104. The van der Waals surface area contributed by atoms with E-state index in [0.717, 1.165) is 15.5 Å². The molecule has 0 radical (unpaired) electrons. The molecule has 0 aliphatic carbocycles. The molecule has 30 heavy (non-hydrogen) atoms. The standard InChI is InChI=1S/C20H12BrCl2N3O2S2/c1-28-17-11(8-9-4-2-3-5-10(9)14(17)21)18(27)25-19(29)26-20-24-16-13(30-20)7-6-12(22)15(16)23/h2-8H,1H3,(H2,24,25,26,27,29). The molecule has 1 aromatic heterocycles. The first-order chi connectivity index (χ1) is 14.4. The fourth-order valence-electron chi connectivity index (χ4n) is 2.94. The van der Waals surface area contributed by atoms with Gasteiger partial charge in [-0.3, -0.25) is 10.1 Å². The number of fused-ring (bicyclic) bond motifs is 2. The van der Waals surface area contributed by atoms with Crippen LogP contribution in [0.15, 0.2) is 46.9 Å². The normalized spacial score (nSPS) is 10.9. The van der Waals surface area contributed by atoms with Gasteiger partial charge in [0, 0.05) is 0 Å². The Bertz CT molecular complexity index is 1330. The molecule has 10 heteroatoms. The number of anilines is 1. The summed E-state index contributed by atoms with van der Waals surface area (Å²) in [6, 6.07) is 13.0. The molecule has 0 saturated heterocycles. The molecule has 4 rings (SSSR count). The van der Waals surface area contributed by atoms with E-state index in [-0.39, 0.29) is 5.11 Å². The van der Waals surface area contributed by atoms with Crippen molar-refractivity contribution >= 4 is 99.8 Å². The summed E-state index contributed by atoms with van der Waals surface area (Å²) in [6.07, 6.45) is 0. The number of halogens is 3. The molecule has 0 bridgehead atoms. The van der Waals surface area contributed by atoms with Gasteiger partial charge in [-0.25, -0.2) is 4.98 Å². The number of aromatic nitrogens is 1. The van der Waals surface area contributed by atoms with Crippen LogP contribution in [-0.2, 0) is 0 Å². The molecular weight excluding hydrogens is 529 g/mol. The third kappa shape index (κ3) is 3.98. The van der Waals surface area contributed by atoms with Crippen LogP contribution in [0, 0.1) is 0 Å². The molecule has 0 aliphatic heterocycles. The minimum Gasteiger partial charge on any atom is -0.495 e. The van der Waals surface area contributed by atoms with Gasteiger partial charge in [-0.2, -0.15) is 0 Å². The van der Waals surface area contributed by atoms with Crippen molar-refractivity contribution in [1.82, 2.24) is 10.3 Å². The molecule has 4 aromatic rings. The van der Waals surface area contributed by atoms with Crippen LogP contribution in [0.5, 0.6) is 5.75 Å². The fraction of sp³-hybridized carbons (Fsp3) is 0.0500. The zero-order chi connectivity index (χ0) is 21.4. The van der Waals surface area contributed by atoms with Crippen LogP contribution >= 0.6 is 62.7 Å². The molecule has 0 spiro atoms. The fourth-order valence-corrected chi connectivity index (χ4v) is 5.23. The summed E-state index contributed by atoms with van der Waals surface area (Å²) < 4.78 is 7.01. The van der Waals surface area contributed by atoms with Crippen LogP contribution in [-0.4, -0.2) is 23.1 Å². The van der Waals surface area contributed by atoms with E-state index in [4.69, 9.17) is 40.2 Å². The van der Waals surface area contributed by atoms with E-state index in [9.17, 15) is 4.79 Å². The molecule has 1 amide bonds. The SMILES string of the molecule is COc1c(C(=O)NC(=S)Nc2nc3c(Cl)c(Cl)ccc3s2)cc2ccccc2c1Br. The van der Waals surface area contributed by atoms with E-state index in [0.29, 0.717) is 36.5 Å². The van der Waals surface area contributed by atoms with E-state index in [2.05, 4.69) is 31.5 Å². The Hall–Kier alpha value is -1.97. The van der Waals surface area contributed by atoms with E-state index in [1.165, 1.54) is 18.4 Å². The van der Waals surface area contributed by atoms with Crippen LogP contribution in [0.1, 0.15) is 10.4 Å². The summed E-state index contributed by atoms with van der Waals surface area (Å²) in [5.41, 5.74) is 0.928. The lowest BCUT2D eigenvalue weighted by atomic mass is 10.1. The zero-order valence-electron chi connectivity index (χ0n) is 15.3. The van der Waals surface area contributed by atoms with E-state index in [1.54, 1.807) is 12.1 Å². The lowest BCUT2D eigenvalue weighted by Gasteiger charge is -2.14. The van der Waals surface area contributed by atoms with Gasteiger partial charge in [-0.05, 0) is 57.1 Å². The minimum atomic E-state index is -0.405. The summed E-state index contributed by atoms with van der Waals surface area (Å²) in [5.74, 6) is 0.0217. The lowest BCUT2D eigenvalue weighted by molar-refractivity contribution is 0.0975. The Kier molecular flexibility index (Phi) is 6.13. The number of methoxy groups -OCH3 is 1. The molecule has 1 heterocycles. The number of amides is 1. The van der Waals surface area contributed by atoms with Gasteiger partial charge in [0.25, 0.3) is 5.91 Å². The summed E-state index contributed by atoms with van der Waals surface area (Å²) >= 11 is 22.4. The number of hydrogen-bond acceptors (Lipinski definition) is 5. The predicted molar refractivity (Wildman–Crippen MR) is 132 cm³/mol. The van der Waals surface area contributed by atoms with Crippen molar-refractivity contribution in [1.29, 1.82) is 0 Å². The van der Waals surface area contributed by atoms with Crippen molar-refractivity contribution in [2.75, 3.05) is 12.4 Å². The van der Waals surface area contributed by atoms with Crippen LogP contribution in [0.25, 0.3) is 21.0 Å². The van der Waals surface area contributed by atoms with Gasteiger partial charge in [0.1, 0.15) is 11.3 Å². The summed E-state index contributed by atoms with van der Waals surface area (Å²) in [6.45, 7) is 0. The summed E-state index contributed by atoms with van der Waals surface area (Å²) in [5, 5.41) is 8.82. The second-order valence-corrected chi connectivity index (χ2v) is 9.14. The van der Waals surface area contributed by atoms with Gasteiger partial charge in [-0.1, -0.05) is 58.8 Å². The number of carbonyl (C=O) groups excluding carboxylic acids is 1. The molecule has 0 unspecified atom stereocenters. The Morgan fingerprint density at radius 3 is 2.77 bits per heavy atom. The second kappa shape index (κ2) is 8.64. The number of ether oxygens (including phenoxy) is 1. The molecule has 0 aliphatic rings. The van der Waals surface area contributed by atoms with E-state index in [1.807, 2.05) is 30.3 Å². The largest absolute Gasteiger partial charge is 0.495 e. The molecular formula is C20H12BrCl2N3O2S2. The van der Waals surface area contributed by atoms with Crippen molar-refractivity contribution in [3.05, 3.63) is 62.5 Å². The zero-order valence-corrected chi connectivity index (χ0v) is 20.0. The Morgan fingerprint density at radius 2 is 2.00 bits per heavy atom. The highest BCUT2D eigenvalue weighted by Gasteiger charge is 2.19. The Labute approximate surface area is 199 Å². The second-order valence-electron chi connectivity index (χ2n) is 6.13. The van der Waals surface area contributed by atoms with Gasteiger partial charge in [0.05, 0.1) is 31.9 Å². The lowest BCUT2D eigenvalue weighted by Crippen LogP contribution is -2.34. The third-order valence-corrected chi connectivity index (χ3v) is 7.01. The number of nitrogens with one attached hydrogen (secondary N) is 2. The van der Waals surface area contributed by atoms with E-state index < -0.39 is 5.91 Å². The first-order valence-corrected chi connectivity index (χ1v) is 11.3. The number of thiazole rings is 1. The van der Waals surface area contributed by atoms with Crippen molar-refractivity contribution in [3.63, 3.8) is 0 Å². The number of nitrogens with zero attached hydrogens (tertiary/aromatic N) is 1. The number of hydrogen-bond donors (Lipinski definition) is 2. The van der Waals surface area contributed by atoms with E-state index >= 15 is 0 Å². The Balaban J connectivity index is 1.58. The highest BCUT2D eigenvalue weighted by Crippen LogP contribution is 2.37. The number of rotatable bonds is 3. The number of carbonyl (C=O) groups is 1. The molecule has 0 fully saturated rings. The number of thiocarbonyl (C=S) groups is 1. The van der Waals surface area contributed by atoms with Gasteiger partial charge in [0.15, 0.2) is 10.2 Å². The van der Waals surface area contributed by atoms with Crippen LogP contribution in [0.4, 0.5) is 5.13 Å². The van der Waals surface area contributed by atoms with Gasteiger partial charge >= 0.3 is 0 Å². The number of benzene rings is 3. The first-order valence-electron chi connectivity index (χ1n) is 8.51. The average molecular weight is 541 g/mol. The molecule has 3 aromatic carbocycles. The van der Waals surface area contributed by atoms with Crippen molar-refractivity contribution < 1.29 is 9.53 Å². The van der Waals surface area contributed by atoms with Gasteiger partial charge in [-0.15, -0.1) is 0 Å². The third-order valence-electron chi connectivity index (χ3n) is 4.29. The summed E-state index contributed by atoms with van der Waals surface area (Å²) in [4.78, 5) is 17.3. The smallest absolute Gasteiger partial charge is 0.261 e. The maximum absolute atomic E-state index is 12.9.